The third-order valence-corrected chi connectivity index (χ3v) is 9.22. The molecular weight excluding hydrogens is 641 g/mol. The first kappa shape index (κ1) is 47.2. The maximum Gasteiger partial charge on any atom is 2.00 e. The summed E-state index contributed by atoms with van der Waals surface area (Å²) in [4.78, 5) is 22.2. The maximum absolute atomic E-state index is 11.4. The van der Waals surface area contributed by atoms with E-state index in [4.69, 9.17) is 5.11 Å². The second kappa shape index (κ2) is 32.2. The van der Waals surface area contributed by atoms with Gasteiger partial charge in [-0.1, -0.05) is 173 Å². The number of carboxylic acid groups (broad SMARTS) is 2. The van der Waals surface area contributed by atoms with Crippen LogP contribution in [0.1, 0.15) is 200 Å². The Balaban J connectivity index is 0.000000922. The second-order valence-electron chi connectivity index (χ2n) is 13.5. The van der Waals surface area contributed by atoms with Gasteiger partial charge in [0.15, 0.2) is 0 Å². The molecule has 0 spiro atoms. The Morgan fingerprint density at radius 2 is 0.878 bits per heavy atom. The first-order valence-corrected chi connectivity index (χ1v) is 19.4. The second-order valence-corrected chi connectivity index (χ2v) is 13.5. The van der Waals surface area contributed by atoms with Crippen molar-refractivity contribution in [3.8, 4) is 11.5 Å². The average Bonchev–Trinajstić information content (AvgIpc) is 3.06. The van der Waals surface area contributed by atoms with Gasteiger partial charge >= 0.3 is 43.7 Å². The molecule has 0 heterocycles. The number of hydrogen-bond acceptors (Lipinski definition) is 5. The summed E-state index contributed by atoms with van der Waals surface area (Å²) in [6.45, 7) is 4.50. The van der Waals surface area contributed by atoms with Gasteiger partial charge in [-0.05, 0) is 55.0 Å². The van der Waals surface area contributed by atoms with E-state index in [1.807, 2.05) is 0 Å². The molecular formula is C42H66CaO6. The molecule has 0 aliphatic carbocycles. The van der Waals surface area contributed by atoms with Crippen LogP contribution in [0.25, 0.3) is 0 Å². The van der Waals surface area contributed by atoms with E-state index in [-0.39, 0.29) is 54.8 Å². The number of carboxylic acids is 2. The Morgan fingerprint density at radius 3 is 1.24 bits per heavy atom. The minimum atomic E-state index is -1.19. The number of phenolic OH excluding ortho intramolecular Hbond substituents is 1. The van der Waals surface area contributed by atoms with E-state index in [9.17, 15) is 24.9 Å². The van der Waals surface area contributed by atoms with Crippen molar-refractivity contribution in [2.45, 2.75) is 181 Å². The van der Waals surface area contributed by atoms with Gasteiger partial charge in [-0.3, -0.25) is 0 Å². The van der Waals surface area contributed by atoms with E-state index in [2.05, 4.69) is 13.8 Å². The van der Waals surface area contributed by atoms with Gasteiger partial charge in [0, 0.05) is 5.56 Å². The van der Waals surface area contributed by atoms with Gasteiger partial charge in [-0.2, -0.15) is 0 Å². The van der Waals surface area contributed by atoms with Crippen LogP contribution in [0.3, 0.4) is 0 Å². The van der Waals surface area contributed by atoms with Crippen LogP contribution in [0.15, 0.2) is 36.4 Å². The summed E-state index contributed by atoms with van der Waals surface area (Å²) in [5.41, 5.74) is 1.85. The van der Waals surface area contributed by atoms with Crippen molar-refractivity contribution < 1.29 is 30.0 Å². The van der Waals surface area contributed by atoms with Gasteiger partial charge in [-0.15, -0.1) is 5.75 Å². The first-order chi connectivity index (χ1) is 23.3. The van der Waals surface area contributed by atoms with E-state index in [0.717, 1.165) is 37.7 Å². The molecule has 0 fully saturated rings. The quantitative estimate of drug-likeness (QED) is 0.0671. The van der Waals surface area contributed by atoms with Crippen molar-refractivity contribution in [3.05, 3.63) is 58.7 Å². The molecule has 0 saturated heterocycles. The topological polar surface area (TPSA) is 121 Å². The van der Waals surface area contributed by atoms with Gasteiger partial charge < -0.3 is 25.2 Å². The summed E-state index contributed by atoms with van der Waals surface area (Å²) in [6.07, 6.45) is 32.2. The molecule has 0 aliphatic heterocycles. The Hall–Kier alpha value is -1.76. The van der Waals surface area contributed by atoms with Crippen LogP contribution in [0.5, 0.6) is 11.5 Å². The fourth-order valence-corrected chi connectivity index (χ4v) is 6.28. The molecule has 0 atom stereocenters. The fraction of sp³-hybridized carbons (Fsp3) is 0.667. The smallest absolute Gasteiger partial charge is 0.872 e. The van der Waals surface area contributed by atoms with Crippen molar-refractivity contribution in [1.29, 1.82) is 0 Å². The molecule has 0 unspecified atom stereocenters. The predicted octanol–water partition coefficient (Wildman–Crippen LogP) is 10.3. The Morgan fingerprint density at radius 1 is 0.531 bits per heavy atom. The molecule has 6 nitrogen and oxygen atoms in total. The van der Waals surface area contributed by atoms with E-state index in [1.54, 1.807) is 6.07 Å². The van der Waals surface area contributed by atoms with E-state index >= 15 is 0 Å². The van der Waals surface area contributed by atoms with Gasteiger partial charge in [0.05, 0.1) is 11.5 Å². The molecule has 0 aromatic heterocycles. The van der Waals surface area contributed by atoms with Crippen molar-refractivity contribution in [1.82, 2.24) is 0 Å². The molecule has 0 saturated carbocycles. The minimum Gasteiger partial charge on any atom is -0.872 e. The summed E-state index contributed by atoms with van der Waals surface area (Å²) >= 11 is 0. The molecule has 272 valence electrons. The molecule has 0 aliphatic rings. The third-order valence-electron chi connectivity index (χ3n) is 9.22. The predicted molar refractivity (Wildman–Crippen MR) is 201 cm³/mol. The average molecular weight is 707 g/mol. The third kappa shape index (κ3) is 24.9. The number of hydrogen-bond donors (Lipinski definition) is 2. The molecule has 7 heteroatoms. The maximum atomic E-state index is 11.4. The molecule has 2 rings (SSSR count). The Kier molecular flexibility index (Phi) is 31.0. The van der Waals surface area contributed by atoms with Gasteiger partial charge in [-0.25, -0.2) is 4.79 Å². The normalized spacial score (nSPS) is 10.7. The zero-order valence-electron chi connectivity index (χ0n) is 31.1. The van der Waals surface area contributed by atoms with Crippen molar-refractivity contribution in [2.75, 3.05) is 0 Å². The van der Waals surface area contributed by atoms with Crippen molar-refractivity contribution in [2.24, 2.45) is 0 Å². The van der Waals surface area contributed by atoms with Gasteiger partial charge in [0.1, 0.15) is 5.75 Å². The summed E-state index contributed by atoms with van der Waals surface area (Å²) in [7, 11) is 0. The van der Waals surface area contributed by atoms with Crippen LogP contribution in [0, 0.1) is 0 Å². The summed E-state index contributed by atoms with van der Waals surface area (Å²) < 4.78 is 0. The molecule has 2 N–H and O–H groups in total. The SMILES string of the molecule is CCCCCCCCCCCCCCc1cc(O)ccc1C(=O)O.CCCCCCCCCCCCCCc1cc([O-])ccc1C(=O)[O-].[Ca+2]. The Labute approximate surface area is 328 Å². The number of unbranched alkanes of at least 4 members (excludes halogenated alkanes) is 22. The van der Waals surface area contributed by atoms with E-state index < -0.39 is 11.9 Å². The van der Waals surface area contributed by atoms with Crippen molar-refractivity contribution in [3.63, 3.8) is 0 Å². The molecule has 0 radical (unpaired) electrons. The zero-order valence-corrected chi connectivity index (χ0v) is 33.3. The van der Waals surface area contributed by atoms with Gasteiger partial charge in [0.25, 0.3) is 0 Å². The summed E-state index contributed by atoms with van der Waals surface area (Å²) in [6, 6.07) is 8.61. The van der Waals surface area contributed by atoms with Crippen LogP contribution in [0.4, 0.5) is 0 Å². The molecule has 2 aromatic rings. The molecule has 2 aromatic carbocycles. The minimum absolute atomic E-state index is 0. The van der Waals surface area contributed by atoms with Gasteiger partial charge in [0.2, 0.25) is 0 Å². The van der Waals surface area contributed by atoms with Crippen LogP contribution in [-0.2, 0) is 12.8 Å². The number of rotatable bonds is 28. The zero-order chi connectivity index (χ0) is 35.2. The molecule has 0 amide bonds. The number of carbonyl (C=O) groups excluding carboxylic acids is 1. The van der Waals surface area contributed by atoms with E-state index in [1.165, 1.54) is 159 Å². The number of aromatic carboxylic acids is 2. The van der Waals surface area contributed by atoms with Crippen LogP contribution >= 0.6 is 0 Å². The number of aryl methyl sites for hydroxylation is 2. The Bertz CT molecular complexity index is 1030. The fourth-order valence-electron chi connectivity index (χ4n) is 6.28. The summed E-state index contributed by atoms with van der Waals surface area (Å²) in [5.74, 6) is -2.09. The first-order valence-electron chi connectivity index (χ1n) is 19.4. The number of carbonyl (C=O) groups is 2. The standard InChI is InChI=1S/2C21H34O3.Ca/c2*1-2-3-4-5-6-7-8-9-10-11-12-13-14-18-17-19(22)15-16-20(18)21(23)24;/h2*15-17,22H,2-14H2,1H3,(H,23,24);/q;;+2/p-2. The van der Waals surface area contributed by atoms with Crippen LogP contribution < -0.4 is 10.2 Å². The van der Waals surface area contributed by atoms with Crippen LogP contribution in [0.2, 0.25) is 0 Å². The largest absolute Gasteiger partial charge is 2.00 e. The summed E-state index contributed by atoms with van der Waals surface area (Å²) in [5, 5.41) is 41.1. The van der Waals surface area contributed by atoms with Crippen LogP contribution in [-0.4, -0.2) is 59.9 Å². The molecule has 49 heavy (non-hydrogen) atoms. The monoisotopic (exact) mass is 706 g/mol. The van der Waals surface area contributed by atoms with E-state index in [0.29, 0.717) is 17.5 Å². The number of benzene rings is 2. The molecule has 0 bridgehead atoms. The number of phenols is 1. The number of aromatic hydroxyl groups is 1. The van der Waals surface area contributed by atoms with Crippen molar-refractivity contribution >= 4 is 49.7 Å².